The third-order valence-corrected chi connectivity index (χ3v) is 4.98. The number of nitrogens with one attached hydrogen (secondary N) is 1. The van der Waals surface area contributed by atoms with E-state index in [0.29, 0.717) is 5.69 Å². The summed E-state index contributed by atoms with van der Waals surface area (Å²) in [6.45, 7) is 7.96. The van der Waals surface area contributed by atoms with Crippen LogP contribution in [0, 0.1) is 6.92 Å². The van der Waals surface area contributed by atoms with Gasteiger partial charge in [0.25, 0.3) is 10.0 Å². The smallest absolute Gasteiger partial charge is 0.261 e. The molecule has 0 saturated heterocycles. The molecule has 2 aromatic carbocycles. The molecule has 0 aliphatic rings. The average molecular weight is 318 g/mol. The van der Waals surface area contributed by atoms with Crippen molar-refractivity contribution in [2.75, 3.05) is 22.7 Å². The Morgan fingerprint density at radius 3 is 1.95 bits per heavy atom. The number of nitrogens with zero attached hydrogens (tertiary/aromatic N) is 1. The fourth-order valence-corrected chi connectivity index (χ4v) is 3.32. The maximum Gasteiger partial charge on any atom is 0.261 e. The number of aryl methyl sites for hydroxylation is 1. The fraction of sp³-hybridized carbons (Fsp3) is 0.294. The van der Waals surface area contributed by atoms with Gasteiger partial charge in [-0.25, -0.2) is 8.42 Å². The maximum absolute atomic E-state index is 12.3. The first kappa shape index (κ1) is 16.4. The Bertz CT molecular complexity index is 703. The highest BCUT2D eigenvalue weighted by atomic mass is 32.2. The number of anilines is 2. The Morgan fingerprint density at radius 1 is 0.909 bits per heavy atom. The number of sulfonamides is 1. The zero-order valence-corrected chi connectivity index (χ0v) is 14.0. The molecule has 0 aliphatic carbocycles. The minimum Gasteiger partial charge on any atom is -0.372 e. The minimum atomic E-state index is -3.54. The molecule has 5 heteroatoms. The first-order chi connectivity index (χ1) is 10.5. The van der Waals surface area contributed by atoms with Gasteiger partial charge < -0.3 is 4.90 Å². The molecule has 0 saturated carbocycles. The Labute approximate surface area is 132 Å². The molecule has 0 unspecified atom stereocenters. The molecule has 4 nitrogen and oxygen atoms in total. The van der Waals surface area contributed by atoms with E-state index in [1.807, 2.05) is 19.1 Å². The molecular formula is C17H22N2O2S. The largest absolute Gasteiger partial charge is 0.372 e. The van der Waals surface area contributed by atoms with Crippen molar-refractivity contribution in [3.05, 3.63) is 54.1 Å². The van der Waals surface area contributed by atoms with E-state index in [2.05, 4.69) is 23.5 Å². The van der Waals surface area contributed by atoms with Crippen LogP contribution in [-0.2, 0) is 10.0 Å². The van der Waals surface area contributed by atoms with Crippen molar-refractivity contribution >= 4 is 21.4 Å². The van der Waals surface area contributed by atoms with E-state index in [4.69, 9.17) is 0 Å². The van der Waals surface area contributed by atoms with Crippen molar-refractivity contribution in [3.63, 3.8) is 0 Å². The summed E-state index contributed by atoms with van der Waals surface area (Å²) in [6.07, 6.45) is 0. The van der Waals surface area contributed by atoms with E-state index >= 15 is 0 Å². The summed E-state index contributed by atoms with van der Waals surface area (Å²) in [5.41, 5.74) is 2.68. The SMILES string of the molecule is CCN(CC)c1ccc(NS(=O)(=O)c2ccc(C)cc2)cc1. The molecule has 0 bridgehead atoms. The van der Waals surface area contributed by atoms with Crippen LogP contribution in [0.25, 0.3) is 0 Å². The average Bonchev–Trinajstić information content (AvgIpc) is 2.50. The summed E-state index contributed by atoms with van der Waals surface area (Å²) in [6, 6.07) is 14.2. The van der Waals surface area contributed by atoms with Crippen molar-refractivity contribution in [2.45, 2.75) is 25.7 Å². The van der Waals surface area contributed by atoms with Gasteiger partial charge in [0.05, 0.1) is 4.90 Å². The van der Waals surface area contributed by atoms with Crippen LogP contribution in [0.2, 0.25) is 0 Å². The van der Waals surface area contributed by atoms with Gasteiger partial charge in [-0.2, -0.15) is 0 Å². The second-order valence-electron chi connectivity index (χ2n) is 5.14. The Kier molecular flexibility index (Phi) is 5.08. The molecule has 22 heavy (non-hydrogen) atoms. The monoisotopic (exact) mass is 318 g/mol. The van der Waals surface area contributed by atoms with E-state index in [9.17, 15) is 8.42 Å². The van der Waals surface area contributed by atoms with Crippen molar-refractivity contribution < 1.29 is 8.42 Å². The van der Waals surface area contributed by atoms with E-state index in [-0.39, 0.29) is 4.90 Å². The van der Waals surface area contributed by atoms with Crippen LogP contribution in [0.4, 0.5) is 11.4 Å². The predicted molar refractivity (Wildman–Crippen MR) is 92.0 cm³/mol. The van der Waals surface area contributed by atoms with Crippen molar-refractivity contribution in [3.8, 4) is 0 Å². The standard InChI is InChI=1S/C17H22N2O2S/c1-4-19(5-2)16-10-8-15(9-11-16)18-22(20,21)17-12-6-14(3)7-13-17/h6-13,18H,4-5H2,1-3H3. The van der Waals surface area contributed by atoms with Gasteiger partial charge in [-0.15, -0.1) is 0 Å². The lowest BCUT2D eigenvalue weighted by molar-refractivity contribution is 0.601. The lowest BCUT2D eigenvalue weighted by Crippen LogP contribution is -2.21. The van der Waals surface area contributed by atoms with E-state index in [1.165, 1.54) is 0 Å². The maximum atomic E-state index is 12.3. The highest BCUT2D eigenvalue weighted by Crippen LogP contribution is 2.20. The van der Waals surface area contributed by atoms with Gasteiger partial charge in [0.15, 0.2) is 0 Å². The van der Waals surface area contributed by atoms with Crippen LogP contribution in [-0.4, -0.2) is 21.5 Å². The second kappa shape index (κ2) is 6.83. The molecule has 118 valence electrons. The predicted octanol–water partition coefficient (Wildman–Crippen LogP) is 3.64. The molecule has 1 N–H and O–H groups in total. The molecule has 0 aliphatic heterocycles. The molecule has 0 atom stereocenters. The van der Waals surface area contributed by atoms with Crippen LogP contribution < -0.4 is 9.62 Å². The first-order valence-electron chi connectivity index (χ1n) is 7.40. The third kappa shape index (κ3) is 3.80. The van der Waals surface area contributed by atoms with Gasteiger partial charge in [0.1, 0.15) is 0 Å². The van der Waals surface area contributed by atoms with Gasteiger partial charge >= 0.3 is 0 Å². The molecule has 2 aromatic rings. The van der Waals surface area contributed by atoms with Crippen LogP contribution in [0.15, 0.2) is 53.4 Å². The third-order valence-electron chi connectivity index (χ3n) is 3.58. The molecule has 0 fully saturated rings. The van der Waals surface area contributed by atoms with E-state index in [0.717, 1.165) is 24.3 Å². The lowest BCUT2D eigenvalue weighted by Gasteiger charge is -2.21. The summed E-state index contributed by atoms with van der Waals surface area (Å²) >= 11 is 0. The van der Waals surface area contributed by atoms with Crippen LogP contribution in [0.1, 0.15) is 19.4 Å². The summed E-state index contributed by atoms with van der Waals surface area (Å²) in [4.78, 5) is 2.48. The van der Waals surface area contributed by atoms with Crippen molar-refractivity contribution in [1.82, 2.24) is 0 Å². The minimum absolute atomic E-state index is 0.269. The van der Waals surface area contributed by atoms with Crippen LogP contribution in [0.5, 0.6) is 0 Å². The molecular weight excluding hydrogens is 296 g/mol. The van der Waals surface area contributed by atoms with Crippen molar-refractivity contribution in [1.29, 1.82) is 0 Å². The summed E-state index contributed by atoms with van der Waals surface area (Å²) in [5, 5.41) is 0. The Balaban J connectivity index is 2.18. The number of hydrogen-bond acceptors (Lipinski definition) is 3. The highest BCUT2D eigenvalue weighted by Gasteiger charge is 2.13. The van der Waals surface area contributed by atoms with Crippen molar-refractivity contribution in [2.24, 2.45) is 0 Å². The molecule has 0 spiro atoms. The van der Waals surface area contributed by atoms with Gasteiger partial charge in [0, 0.05) is 24.5 Å². The van der Waals surface area contributed by atoms with Gasteiger partial charge in [-0.05, 0) is 57.2 Å². The van der Waals surface area contributed by atoms with Gasteiger partial charge in [0.2, 0.25) is 0 Å². The lowest BCUT2D eigenvalue weighted by atomic mass is 10.2. The topological polar surface area (TPSA) is 49.4 Å². The zero-order valence-electron chi connectivity index (χ0n) is 13.2. The summed E-state index contributed by atoms with van der Waals surface area (Å²) in [5.74, 6) is 0. The molecule has 0 radical (unpaired) electrons. The summed E-state index contributed by atoms with van der Waals surface area (Å²) < 4.78 is 27.3. The number of rotatable bonds is 6. The van der Waals surface area contributed by atoms with Gasteiger partial charge in [-0.3, -0.25) is 4.72 Å². The van der Waals surface area contributed by atoms with E-state index in [1.54, 1.807) is 36.4 Å². The molecule has 2 rings (SSSR count). The summed E-state index contributed by atoms with van der Waals surface area (Å²) in [7, 11) is -3.54. The highest BCUT2D eigenvalue weighted by molar-refractivity contribution is 7.92. The fourth-order valence-electron chi connectivity index (χ4n) is 2.26. The Morgan fingerprint density at radius 2 is 1.45 bits per heavy atom. The van der Waals surface area contributed by atoms with Gasteiger partial charge in [-0.1, -0.05) is 17.7 Å². The number of benzene rings is 2. The number of hydrogen-bond donors (Lipinski definition) is 1. The van der Waals surface area contributed by atoms with Crippen LogP contribution >= 0.6 is 0 Å². The normalized spacial score (nSPS) is 11.2. The van der Waals surface area contributed by atoms with Crippen LogP contribution in [0.3, 0.4) is 0 Å². The van der Waals surface area contributed by atoms with E-state index < -0.39 is 10.0 Å². The second-order valence-corrected chi connectivity index (χ2v) is 6.82. The molecule has 0 amide bonds. The molecule has 0 aromatic heterocycles. The zero-order chi connectivity index (χ0) is 16.2. The Hall–Kier alpha value is -2.01. The quantitative estimate of drug-likeness (QED) is 0.884. The molecule has 0 heterocycles. The first-order valence-corrected chi connectivity index (χ1v) is 8.89.